The molecule has 0 saturated carbocycles. The third-order valence-electron chi connectivity index (χ3n) is 4.98. The number of hydrogen-bond acceptors (Lipinski definition) is 5. The lowest BCUT2D eigenvalue weighted by Crippen LogP contribution is -2.15. The van der Waals surface area contributed by atoms with E-state index in [1.807, 2.05) is 13.8 Å². The van der Waals surface area contributed by atoms with Gasteiger partial charge in [0.1, 0.15) is 11.3 Å². The minimum atomic E-state index is -3.11. The first-order chi connectivity index (χ1) is 15.9. The van der Waals surface area contributed by atoms with Gasteiger partial charge in [0.05, 0.1) is 23.4 Å². The Morgan fingerprint density at radius 1 is 1.15 bits per heavy atom. The van der Waals surface area contributed by atoms with Crippen LogP contribution in [0.25, 0.3) is 33.4 Å². The molecule has 1 N–H and O–H groups in total. The van der Waals surface area contributed by atoms with Gasteiger partial charge in [-0.3, -0.25) is 4.68 Å². The topological polar surface area (TPSA) is 82.8 Å². The van der Waals surface area contributed by atoms with E-state index >= 15 is 0 Å². The number of fused-ring (bicyclic) bond motifs is 2. The van der Waals surface area contributed by atoms with Crippen LogP contribution in [0.2, 0.25) is 0 Å². The number of aromatic nitrogens is 6. The van der Waals surface area contributed by atoms with Crippen LogP contribution in [0.15, 0.2) is 24.5 Å². The van der Waals surface area contributed by atoms with Crippen LogP contribution in [0.5, 0.6) is 11.8 Å². The largest absolute Gasteiger partial charge is 0.477 e. The van der Waals surface area contributed by atoms with Gasteiger partial charge in [-0.1, -0.05) is 13.8 Å². The number of pyridine rings is 1. The maximum absolute atomic E-state index is 13.9. The second-order valence-electron chi connectivity index (χ2n) is 6.97. The SMILES string of the molecule is CC.Cn1cc(-c2c(-c3c(C(F)F)nn4c3OCCC4)[nH]c3ncccc23)c(OC(F)F)n1. The highest BCUT2D eigenvalue weighted by Gasteiger charge is 2.33. The van der Waals surface area contributed by atoms with Gasteiger partial charge in [-0.25, -0.2) is 18.4 Å². The number of nitrogens with zero attached hydrogens (tertiary/aromatic N) is 5. The van der Waals surface area contributed by atoms with Crippen molar-refractivity contribution >= 4 is 11.0 Å². The Morgan fingerprint density at radius 3 is 2.67 bits per heavy atom. The Hall–Kier alpha value is -3.57. The number of alkyl halides is 4. The molecule has 5 rings (SSSR count). The molecule has 0 unspecified atom stereocenters. The summed E-state index contributed by atoms with van der Waals surface area (Å²) in [6.45, 7) is 1.67. The van der Waals surface area contributed by atoms with Gasteiger partial charge in [-0.05, 0) is 12.1 Å². The molecule has 0 spiro atoms. The molecule has 1 aliphatic heterocycles. The van der Waals surface area contributed by atoms with E-state index in [0.29, 0.717) is 36.2 Å². The van der Waals surface area contributed by atoms with Gasteiger partial charge in [0, 0.05) is 43.4 Å². The quantitative estimate of drug-likeness (QED) is 0.410. The fourth-order valence-corrected chi connectivity index (χ4v) is 3.83. The number of aromatic amines is 1. The molecule has 0 radical (unpaired) electrons. The average Bonchev–Trinajstić information content (AvgIpc) is 3.46. The lowest BCUT2D eigenvalue weighted by molar-refractivity contribution is -0.0527. The minimum Gasteiger partial charge on any atom is -0.477 e. The summed E-state index contributed by atoms with van der Waals surface area (Å²) in [6.07, 6.45) is 0.766. The Kier molecular flexibility index (Phi) is 6.25. The lowest BCUT2D eigenvalue weighted by Gasteiger charge is -2.16. The highest BCUT2D eigenvalue weighted by molar-refractivity contribution is 6.04. The maximum atomic E-state index is 13.9. The number of halogens is 4. The summed E-state index contributed by atoms with van der Waals surface area (Å²) in [7, 11) is 1.55. The second-order valence-corrected chi connectivity index (χ2v) is 6.97. The number of rotatable bonds is 5. The highest BCUT2D eigenvalue weighted by Crippen LogP contribution is 2.47. The molecule has 8 nitrogen and oxygen atoms in total. The molecular weight excluding hydrogens is 444 g/mol. The lowest BCUT2D eigenvalue weighted by atomic mass is 10.0. The zero-order chi connectivity index (χ0) is 23.7. The zero-order valence-corrected chi connectivity index (χ0v) is 18.1. The van der Waals surface area contributed by atoms with E-state index in [-0.39, 0.29) is 28.6 Å². The van der Waals surface area contributed by atoms with Crippen molar-refractivity contribution in [3.8, 4) is 34.1 Å². The Labute approximate surface area is 186 Å². The maximum Gasteiger partial charge on any atom is 0.388 e. The smallest absolute Gasteiger partial charge is 0.388 e. The first kappa shape index (κ1) is 22.6. The summed E-state index contributed by atoms with van der Waals surface area (Å²) >= 11 is 0. The normalized spacial score (nSPS) is 13.1. The molecule has 0 amide bonds. The summed E-state index contributed by atoms with van der Waals surface area (Å²) in [4.78, 5) is 7.30. The molecule has 0 bridgehead atoms. The van der Waals surface area contributed by atoms with Gasteiger partial charge in [0.25, 0.3) is 6.43 Å². The first-order valence-electron chi connectivity index (χ1n) is 10.4. The van der Waals surface area contributed by atoms with Crippen molar-refractivity contribution in [2.75, 3.05) is 6.61 Å². The molecule has 176 valence electrons. The van der Waals surface area contributed by atoms with E-state index in [2.05, 4.69) is 24.9 Å². The van der Waals surface area contributed by atoms with Gasteiger partial charge < -0.3 is 14.5 Å². The molecule has 12 heteroatoms. The molecule has 1 aliphatic rings. The summed E-state index contributed by atoms with van der Waals surface area (Å²) < 4.78 is 66.9. The van der Waals surface area contributed by atoms with Crippen LogP contribution in [-0.4, -0.2) is 42.7 Å². The average molecular weight is 466 g/mol. The molecule has 0 atom stereocenters. The number of hydrogen-bond donors (Lipinski definition) is 1. The summed E-state index contributed by atoms with van der Waals surface area (Å²) in [6, 6.07) is 3.36. The number of ether oxygens (including phenoxy) is 2. The predicted molar refractivity (Wildman–Crippen MR) is 113 cm³/mol. The molecular formula is C21H22F4N6O2. The van der Waals surface area contributed by atoms with Crippen LogP contribution in [0, 0.1) is 0 Å². The monoisotopic (exact) mass is 466 g/mol. The number of nitrogens with one attached hydrogen (secondary N) is 1. The van der Waals surface area contributed by atoms with E-state index in [0.717, 1.165) is 0 Å². The van der Waals surface area contributed by atoms with Crippen molar-refractivity contribution in [3.05, 3.63) is 30.2 Å². The van der Waals surface area contributed by atoms with Gasteiger partial charge in [-0.2, -0.15) is 13.9 Å². The fraction of sp³-hybridized carbons (Fsp3) is 0.381. The highest BCUT2D eigenvalue weighted by atomic mass is 19.3. The summed E-state index contributed by atoms with van der Waals surface area (Å²) in [5.74, 6) is -0.140. The van der Waals surface area contributed by atoms with Crippen molar-refractivity contribution in [3.63, 3.8) is 0 Å². The standard InChI is InChI=1S/C19H16F4N6O2.C2H6/c1-28-8-10(17(27-28)31-19(22)23)11-9-4-2-5-24-16(9)25-13(11)12-14(15(20)21)26-29-6-3-7-30-18(12)29;1-2/h2,4-5,8,15,19H,3,6-7H2,1H3,(H,24,25);1-2H3. The zero-order valence-electron chi connectivity index (χ0n) is 18.1. The van der Waals surface area contributed by atoms with Crippen molar-refractivity contribution in [1.82, 2.24) is 29.5 Å². The molecule has 4 aromatic heterocycles. The van der Waals surface area contributed by atoms with E-state index in [9.17, 15) is 17.6 Å². The van der Waals surface area contributed by atoms with Crippen LogP contribution < -0.4 is 9.47 Å². The number of H-pyrrole nitrogens is 1. The third kappa shape index (κ3) is 4.00. The second kappa shape index (κ2) is 9.12. The Balaban J connectivity index is 0.00000126. The first-order valence-corrected chi connectivity index (χ1v) is 10.4. The van der Waals surface area contributed by atoms with Crippen molar-refractivity contribution in [2.45, 2.75) is 39.9 Å². The summed E-state index contributed by atoms with van der Waals surface area (Å²) in [5, 5.41) is 8.53. The van der Waals surface area contributed by atoms with Crippen molar-refractivity contribution in [1.29, 1.82) is 0 Å². The number of aryl methyl sites for hydroxylation is 2. The minimum absolute atomic E-state index is 0.0644. The summed E-state index contributed by atoms with van der Waals surface area (Å²) in [5.41, 5.74) is 0.751. The van der Waals surface area contributed by atoms with E-state index in [4.69, 9.17) is 4.74 Å². The van der Waals surface area contributed by atoms with E-state index in [1.54, 1.807) is 19.2 Å². The molecule has 5 heterocycles. The molecule has 0 saturated heterocycles. The van der Waals surface area contributed by atoms with Crippen molar-refractivity contribution < 1.29 is 27.0 Å². The predicted octanol–water partition coefficient (Wildman–Crippen LogP) is 5.17. The van der Waals surface area contributed by atoms with Crippen LogP contribution in [0.3, 0.4) is 0 Å². The fourth-order valence-electron chi connectivity index (χ4n) is 3.83. The molecule has 4 aromatic rings. The Morgan fingerprint density at radius 2 is 1.94 bits per heavy atom. The van der Waals surface area contributed by atoms with Crippen LogP contribution >= 0.6 is 0 Å². The van der Waals surface area contributed by atoms with E-state index < -0.39 is 18.7 Å². The molecule has 33 heavy (non-hydrogen) atoms. The van der Waals surface area contributed by atoms with Gasteiger partial charge in [-0.15, -0.1) is 5.10 Å². The van der Waals surface area contributed by atoms with Crippen LogP contribution in [0.4, 0.5) is 17.6 Å². The molecule has 0 aliphatic carbocycles. The van der Waals surface area contributed by atoms with Crippen molar-refractivity contribution in [2.24, 2.45) is 7.05 Å². The van der Waals surface area contributed by atoms with Crippen LogP contribution in [-0.2, 0) is 13.6 Å². The molecule has 0 aromatic carbocycles. The van der Waals surface area contributed by atoms with Gasteiger partial charge in [0.15, 0.2) is 0 Å². The Bertz CT molecular complexity index is 1260. The van der Waals surface area contributed by atoms with Gasteiger partial charge in [0.2, 0.25) is 11.8 Å². The van der Waals surface area contributed by atoms with E-state index in [1.165, 1.54) is 21.8 Å². The molecule has 0 fully saturated rings. The van der Waals surface area contributed by atoms with Gasteiger partial charge >= 0.3 is 6.61 Å². The van der Waals surface area contributed by atoms with Crippen LogP contribution in [0.1, 0.15) is 32.4 Å². The third-order valence-corrected chi connectivity index (χ3v) is 4.98.